The highest BCUT2D eigenvalue weighted by molar-refractivity contribution is 9.10. The minimum Gasteiger partial charge on any atom is -0.478 e. The Bertz CT molecular complexity index is 1100. The quantitative estimate of drug-likeness (QED) is 0.684. The molecule has 4 rings (SSSR count). The van der Waals surface area contributed by atoms with E-state index in [-0.39, 0.29) is 23.3 Å². The molecule has 142 valence electrons. The number of carbonyl (C=O) groups excluding carboxylic acids is 1. The Morgan fingerprint density at radius 3 is 2.71 bits per heavy atom. The van der Waals surface area contributed by atoms with E-state index < -0.39 is 5.97 Å². The number of fused-ring (bicyclic) bond motifs is 1. The van der Waals surface area contributed by atoms with Gasteiger partial charge in [-0.3, -0.25) is 4.79 Å². The molecule has 2 heterocycles. The number of anilines is 1. The molecule has 2 aromatic carbocycles. The van der Waals surface area contributed by atoms with Crippen LogP contribution < -0.4 is 14.5 Å². The third kappa shape index (κ3) is 3.14. The highest BCUT2D eigenvalue weighted by Gasteiger charge is 2.30. The molecule has 2 aliphatic rings. The number of nitrogens with zero attached hydrogens (tertiary/aromatic N) is 2. The summed E-state index contributed by atoms with van der Waals surface area (Å²) in [7, 11) is 0. The molecule has 0 aliphatic carbocycles. The van der Waals surface area contributed by atoms with Crippen molar-refractivity contribution in [1.82, 2.24) is 0 Å². The highest BCUT2D eigenvalue weighted by Crippen LogP contribution is 2.38. The third-order valence-corrected chi connectivity index (χ3v) is 5.30. The summed E-state index contributed by atoms with van der Waals surface area (Å²) >= 11 is 9.37. The first-order valence-electron chi connectivity index (χ1n) is 8.09. The van der Waals surface area contributed by atoms with Crippen molar-refractivity contribution in [3.8, 4) is 11.5 Å². The summed E-state index contributed by atoms with van der Waals surface area (Å²) in [5, 5.41) is 14.8. The molecule has 1 amide bonds. The average Bonchev–Trinajstić information content (AvgIpc) is 3.21. The van der Waals surface area contributed by atoms with E-state index in [0.29, 0.717) is 28.5 Å². The Balaban J connectivity index is 1.71. The van der Waals surface area contributed by atoms with Crippen molar-refractivity contribution in [3.63, 3.8) is 0 Å². The second-order valence-electron chi connectivity index (χ2n) is 6.06. The van der Waals surface area contributed by atoms with E-state index in [1.165, 1.54) is 12.1 Å². The SMILES string of the molecule is CC1=NN(c2ccc(Cl)c(C(=O)O)c2)C(=O)/C1=C/c1cc2c(cc1Br)OCO2. The number of halogens is 2. The number of hydrogen-bond donors (Lipinski definition) is 1. The van der Waals surface area contributed by atoms with Crippen molar-refractivity contribution < 1.29 is 24.2 Å². The summed E-state index contributed by atoms with van der Waals surface area (Å²) in [5.74, 6) is -0.336. The molecule has 0 saturated carbocycles. The van der Waals surface area contributed by atoms with Crippen LogP contribution in [0.4, 0.5) is 5.69 Å². The molecule has 0 radical (unpaired) electrons. The van der Waals surface area contributed by atoms with Gasteiger partial charge in [-0.25, -0.2) is 4.79 Å². The van der Waals surface area contributed by atoms with Crippen molar-refractivity contribution in [2.45, 2.75) is 6.92 Å². The largest absolute Gasteiger partial charge is 0.478 e. The maximum Gasteiger partial charge on any atom is 0.337 e. The number of amides is 1. The number of aromatic carboxylic acids is 1. The Labute approximate surface area is 172 Å². The molecule has 0 bridgehead atoms. The van der Waals surface area contributed by atoms with Gasteiger partial charge in [0.2, 0.25) is 6.79 Å². The molecule has 0 unspecified atom stereocenters. The first-order valence-corrected chi connectivity index (χ1v) is 9.26. The number of ether oxygens (including phenoxy) is 2. The Morgan fingerprint density at radius 2 is 2.00 bits per heavy atom. The van der Waals surface area contributed by atoms with E-state index in [2.05, 4.69) is 21.0 Å². The second kappa shape index (κ2) is 6.96. The van der Waals surface area contributed by atoms with E-state index in [1.807, 2.05) is 0 Å². The topological polar surface area (TPSA) is 88.4 Å². The van der Waals surface area contributed by atoms with Gasteiger partial charge in [0.1, 0.15) is 0 Å². The molecule has 0 fully saturated rings. The van der Waals surface area contributed by atoms with Gasteiger partial charge in [-0.2, -0.15) is 10.1 Å². The summed E-state index contributed by atoms with van der Waals surface area (Å²) in [6.07, 6.45) is 1.70. The van der Waals surface area contributed by atoms with Crippen LogP contribution >= 0.6 is 27.5 Å². The molecule has 0 atom stereocenters. The van der Waals surface area contributed by atoms with Crippen LogP contribution in [0, 0.1) is 0 Å². The van der Waals surface area contributed by atoms with E-state index in [9.17, 15) is 14.7 Å². The van der Waals surface area contributed by atoms with Gasteiger partial charge < -0.3 is 14.6 Å². The fraction of sp³-hybridized carbons (Fsp3) is 0.105. The number of hydrogen-bond acceptors (Lipinski definition) is 5. The number of carboxylic acid groups (broad SMARTS) is 1. The molecule has 0 spiro atoms. The fourth-order valence-corrected chi connectivity index (χ4v) is 3.50. The monoisotopic (exact) mass is 462 g/mol. The van der Waals surface area contributed by atoms with Gasteiger partial charge in [0.05, 0.1) is 27.6 Å². The molecule has 9 heteroatoms. The Morgan fingerprint density at radius 1 is 1.29 bits per heavy atom. The lowest BCUT2D eigenvalue weighted by Gasteiger charge is -2.13. The highest BCUT2D eigenvalue weighted by atomic mass is 79.9. The van der Waals surface area contributed by atoms with E-state index in [1.54, 1.807) is 31.2 Å². The Hall–Kier alpha value is -2.84. The van der Waals surface area contributed by atoms with Crippen molar-refractivity contribution in [2.24, 2.45) is 5.10 Å². The number of carbonyl (C=O) groups is 2. The van der Waals surface area contributed by atoms with Crippen LogP contribution in [0.3, 0.4) is 0 Å². The molecule has 28 heavy (non-hydrogen) atoms. The summed E-state index contributed by atoms with van der Waals surface area (Å²) < 4.78 is 11.5. The number of hydrazone groups is 1. The zero-order valence-corrected chi connectivity index (χ0v) is 16.7. The van der Waals surface area contributed by atoms with Crippen molar-refractivity contribution in [2.75, 3.05) is 11.8 Å². The minimum atomic E-state index is -1.18. The zero-order valence-electron chi connectivity index (χ0n) is 14.4. The summed E-state index contributed by atoms with van der Waals surface area (Å²) in [4.78, 5) is 24.2. The molecule has 7 nitrogen and oxygen atoms in total. The van der Waals surface area contributed by atoms with Crippen LogP contribution in [0.2, 0.25) is 5.02 Å². The van der Waals surface area contributed by atoms with Gasteiger partial charge in [-0.1, -0.05) is 27.5 Å². The lowest BCUT2D eigenvalue weighted by molar-refractivity contribution is -0.114. The lowest BCUT2D eigenvalue weighted by atomic mass is 10.1. The summed E-state index contributed by atoms with van der Waals surface area (Å²) in [5.41, 5.74) is 1.83. The second-order valence-corrected chi connectivity index (χ2v) is 7.32. The number of rotatable bonds is 3. The Kier molecular flexibility index (Phi) is 4.60. The maximum atomic E-state index is 12.9. The van der Waals surface area contributed by atoms with E-state index in [4.69, 9.17) is 21.1 Å². The molecular formula is C19H12BrClN2O5. The predicted molar refractivity (Wildman–Crippen MR) is 107 cm³/mol. The van der Waals surface area contributed by atoms with Gasteiger partial charge >= 0.3 is 5.97 Å². The van der Waals surface area contributed by atoms with Crippen LogP contribution in [-0.2, 0) is 4.79 Å². The van der Waals surface area contributed by atoms with Crippen molar-refractivity contribution in [3.05, 3.63) is 56.5 Å². The molecule has 2 aliphatic heterocycles. The van der Waals surface area contributed by atoms with Gasteiger partial charge in [-0.05, 0) is 48.9 Å². The fourth-order valence-electron chi connectivity index (χ4n) is 2.87. The number of benzene rings is 2. The molecule has 0 saturated heterocycles. The van der Waals surface area contributed by atoms with Crippen LogP contribution in [0.25, 0.3) is 6.08 Å². The minimum absolute atomic E-state index is 0.0867. The summed E-state index contributed by atoms with van der Waals surface area (Å²) in [6.45, 7) is 1.86. The van der Waals surface area contributed by atoms with Crippen LogP contribution in [0.5, 0.6) is 11.5 Å². The van der Waals surface area contributed by atoms with Gasteiger partial charge in [-0.15, -0.1) is 0 Å². The van der Waals surface area contributed by atoms with E-state index in [0.717, 1.165) is 15.0 Å². The first kappa shape index (κ1) is 18.5. The van der Waals surface area contributed by atoms with Crippen LogP contribution in [0.1, 0.15) is 22.8 Å². The van der Waals surface area contributed by atoms with Gasteiger partial charge in [0, 0.05) is 4.47 Å². The smallest absolute Gasteiger partial charge is 0.337 e. The molecular weight excluding hydrogens is 452 g/mol. The average molecular weight is 464 g/mol. The van der Waals surface area contributed by atoms with Crippen molar-refractivity contribution >= 4 is 56.9 Å². The summed E-state index contributed by atoms with van der Waals surface area (Å²) in [6, 6.07) is 7.83. The number of carboxylic acids is 1. The third-order valence-electron chi connectivity index (χ3n) is 4.28. The lowest BCUT2D eigenvalue weighted by Crippen LogP contribution is -2.21. The first-order chi connectivity index (χ1) is 13.3. The van der Waals surface area contributed by atoms with Crippen LogP contribution in [-0.4, -0.2) is 29.5 Å². The van der Waals surface area contributed by atoms with Gasteiger partial charge in [0.15, 0.2) is 11.5 Å². The zero-order chi connectivity index (χ0) is 20.0. The van der Waals surface area contributed by atoms with Crippen LogP contribution in [0.15, 0.2) is 45.5 Å². The normalized spacial score (nSPS) is 16.7. The molecule has 2 aromatic rings. The van der Waals surface area contributed by atoms with E-state index >= 15 is 0 Å². The standard InChI is InChI=1S/C19H12BrClN2O5/c1-9-12(4-10-5-16-17(7-14(10)20)28-8-27-16)18(24)23(22-9)11-2-3-15(21)13(6-11)19(25)26/h2-7H,8H2,1H3,(H,25,26)/b12-4+. The molecule has 1 N–H and O–H groups in total. The predicted octanol–water partition coefficient (Wildman–Crippen LogP) is 4.34. The maximum absolute atomic E-state index is 12.9. The van der Waals surface area contributed by atoms with Gasteiger partial charge in [0.25, 0.3) is 5.91 Å². The van der Waals surface area contributed by atoms with Crippen molar-refractivity contribution in [1.29, 1.82) is 0 Å². The molecule has 0 aromatic heterocycles.